The van der Waals surface area contributed by atoms with Crippen LogP contribution in [0.1, 0.15) is 6.42 Å². The van der Waals surface area contributed by atoms with Crippen LogP contribution in [0.15, 0.2) is 0 Å². The zero-order valence-electron chi connectivity index (χ0n) is 7.95. The van der Waals surface area contributed by atoms with E-state index in [0.29, 0.717) is 12.5 Å². The van der Waals surface area contributed by atoms with E-state index in [9.17, 15) is 0 Å². The summed E-state index contributed by atoms with van der Waals surface area (Å²) in [6.45, 7) is 5.31. The third-order valence-corrected chi connectivity index (χ3v) is 4.16. The highest BCUT2D eigenvalue weighted by atomic mass is 16.3. The maximum atomic E-state index is 9.03. The molecule has 3 nitrogen and oxygen atoms in total. The molecule has 3 rings (SSSR count). The van der Waals surface area contributed by atoms with E-state index in [1.54, 1.807) is 0 Å². The molecule has 0 aromatic rings. The molecule has 3 heteroatoms. The highest BCUT2D eigenvalue weighted by molar-refractivity contribution is 5.06. The van der Waals surface area contributed by atoms with Gasteiger partial charge in [-0.1, -0.05) is 0 Å². The van der Waals surface area contributed by atoms with Crippen molar-refractivity contribution in [1.29, 1.82) is 0 Å². The zero-order chi connectivity index (χ0) is 8.84. The van der Waals surface area contributed by atoms with Gasteiger partial charge in [-0.25, -0.2) is 0 Å². The Morgan fingerprint density at radius 3 is 2.62 bits per heavy atom. The van der Waals surface area contributed by atoms with Gasteiger partial charge in [0, 0.05) is 32.3 Å². The van der Waals surface area contributed by atoms with E-state index in [1.807, 2.05) is 0 Å². The summed E-state index contributed by atoms with van der Waals surface area (Å²) in [5.74, 6) is 2.34. The van der Waals surface area contributed by atoms with Crippen LogP contribution in [0.2, 0.25) is 0 Å². The second-order valence-corrected chi connectivity index (χ2v) is 4.77. The van der Waals surface area contributed by atoms with Crippen LogP contribution in [-0.2, 0) is 0 Å². The average Bonchev–Trinajstić information content (AvgIpc) is 2.68. The summed E-state index contributed by atoms with van der Waals surface area (Å²) in [6, 6.07) is 0.798. The van der Waals surface area contributed by atoms with Gasteiger partial charge in [-0.15, -0.1) is 0 Å². The molecule has 13 heavy (non-hydrogen) atoms. The molecule has 2 heterocycles. The lowest BCUT2D eigenvalue weighted by molar-refractivity contribution is 0.189. The Morgan fingerprint density at radius 1 is 1.31 bits per heavy atom. The van der Waals surface area contributed by atoms with Crippen molar-refractivity contribution in [3.8, 4) is 0 Å². The molecule has 0 aromatic heterocycles. The number of rotatable bonds is 2. The van der Waals surface area contributed by atoms with E-state index in [4.69, 9.17) is 5.11 Å². The molecule has 0 radical (unpaired) electrons. The van der Waals surface area contributed by atoms with Gasteiger partial charge in [-0.3, -0.25) is 4.90 Å². The highest BCUT2D eigenvalue weighted by Crippen LogP contribution is 2.51. The number of hydrogen-bond acceptors (Lipinski definition) is 3. The molecular weight excluding hydrogens is 164 g/mol. The SMILES string of the molecule is OCC1C2CN(C3CCNC3)CC12. The first kappa shape index (κ1) is 8.21. The van der Waals surface area contributed by atoms with E-state index in [0.717, 1.165) is 17.9 Å². The number of aliphatic hydroxyl groups excluding tert-OH is 1. The number of hydrogen-bond donors (Lipinski definition) is 2. The van der Waals surface area contributed by atoms with Gasteiger partial charge >= 0.3 is 0 Å². The first-order valence-electron chi connectivity index (χ1n) is 5.46. The Balaban J connectivity index is 1.55. The maximum absolute atomic E-state index is 9.03. The van der Waals surface area contributed by atoms with Gasteiger partial charge in [-0.2, -0.15) is 0 Å². The van der Waals surface area contributed by atoms with Crippen molar-refractivity contribution in [2.75, 3.05) is 32.8 Å². The monoisotopic (exact) mass is 182 g/mol. The Bertz CT molecular complexity index is 191. The summed E-state index contributed by atoms with van der Waals surface area (Å²) >= 11 is 0. The lowest BCUT2D eigenvalue weighted by Crippen LogP contribution is -2.37. The lowest BCUT2D eigenvalue weighted by atomic mass is 10.2. The molecule has 74 valence electrons. The number of piperidine rings is 1. The lowest BCUT2D eigenvalue weighted by Gasteiger charge is -2.25. The first-order chi connectivity index (χ1) is 6.40. The predicted molar refractivity (Wildman–Crippen MR) is 50.4 cm³/mol. The number of nitrogens with one attached hydrogen (secondary N) is 1. The van der Waals surface area contributed by atoms with Crippen molar-refractivity contribution in [3.05, 3.63) is 0 Å². The van der Waals surface area contributed by atoms with Gasteiger partial charge in [0.2, 0.25) is 0 Å². The van der Waals surface area contributed by atoms with Gasteiger partial charge in [0.15, 0.2) is 0 Å². The van der Waals surface area contributed by atoms with Crippen LogP contribution >= 0.6 is 0 Å². The summed E-state index contributed by atoms with van der Waals surface area (Å²) < 4.78 is 0. The molecule has 0 spiro atoms. The Labute approximate surface area is 79.1 Å². The van der Waals surface area contributed by atoms with Gasteiger partial charge < -0.3 is 10.4 Å². The summed E-state index contributed by atoms with van der Waals surface area (Å²) in [4.78, 5) is 2.63. The quantitative estimate of drug-likeness (QED) is 0.605. The minimum absolute atomic E-state index is 0.423. The third-order valence-electron chi connectivity index (χ3n) is 4.16. The van der Waals surface area contributed by atoms with E-state index in [2.05, 4.69) is 10.2 Å². The van der Waals surface area contributed by atoms with E-state index in [-0.39, 0.29) is 0 Å². The number of fused-ring (bicyclic) bond motifs is 1. The standard InChI is InChI=1S/C10H18N2O/c13-6-10-8-4-12(5-9(8)10)7-1-2-11-3-7/h7-11,13H,1-6H2. The summed E-state index contributed by atoms with van der Waals surface area (Å²) in [5, 5.41) is 12.4. The molecule has 2 saturated heterocycles. The fourth-order valence-electron chi connectivity index (χ4n) is 3.20. The Morgan fingerprint density at radius 2 is 2.08 bits per heavy atom. The second kappa shape index (κ2) is 2.94. The van der Waals surface area contributed by atoms with Crippen molar-refractivity contribution in [2.45, 2.75) is 12.5 Å². The third kappa shape index (κ3) is 1.22. The van der Waals surface area contributed by atoms with Crippen LogP contribution < -0.4 is 5.32 Å². The molecule has 2 aliphatic heterocycles. The van der Waals surface area contributed by atoms with Gasteiger partial charge in [0.25, 0.3) is 0 Å². The first-order valence-corrected chi connectivity index (χ1v) is 5.46. The van der Waals surface area contributed by atoms with Crippen LogP contribution in [0.4, 0.5) is 0 Å². The smallest absolute Gasteiger partial charge is 0.0465 e. The van der Waals surface area contributed by atoms with Crippen molar-refractivity contribution in [3.63, 3.8) is 0 Å². The number of aliphatic hydroxyl groups is 1. The van der Waals surface area contributed by atoms with E-state index >= 15 is 0 Å². The second-order valence-electron chi connectivity index (χ2n) is 4.77. The van der Waals surface area contributed by atoms with E-state index in [1.165, 1.54) is 32.6 Å². The molecule has 3 atom stereocenters. The number of nitrogens with zero attached hydrogens (tertiary/aromatic N) is 1. The summed E-state index contributed by atoms with van der Waals surface area (Å²) in [6.07, 6.45) is 1.32. The predicted octanol–water partition coefficient (Wildman–Crippen LogP) is -0.482. The summed E-state index contributed by atoms with van der Waals surface area (Å²) in [7, 11) is 0. The van der Waals surface area contributed by atoms with Crippen LogP contribution in [0.5, 0.6) is 0 Å². The molecule has 0 bridgehead atoms. The molecule has 2 N–H and O–H groups in total. The molecular formula is C10H18N2O. The molecule has 1 saturated carbocycles. The molecule has 0 amide bonds. The van der Waals surface area contributed by atoms with Crippen molar-refractivity contribution >= 4 is 0 Å². The largest absolute Gasteiger partial charge is 0.396 e. The highest BCUT2D eigenvalue weighted by Gasteiger charge is 2.55. The Hall–Kier alpha value is -0.120. The van der Waals surface area contributed by atoms with Gasteiger partial charge in [-0.05, 0) is 30.7 Å². The molecule has 0 aromatic carbocycles. The zero-order valence-corrected chi connectivity index (χ0v) is 7.95. The minimum atomic E-state index is 0.423. The van der Waals surface area contributed by atoms with Crippen molar-refractivity contribution in [2.24, 2.45) is 17.8 Å². The van der Waals surface area contributed by atoms with Crippen molar-refractivity contribution in [1.82, 2.24) is 10.2 Å². The van der Waals surface area contributed by atoms with Crippen LogP contribution in [-0.4, -0.2) is 48.8 Å². The molecule has 3 fully saturated rings. The Kier molecular flexibility index (Phi) is 1.86. The fourth-order valence-corrected chi connectivity index (χ4v) is 3.20. The van der Waals surface area contributed by atoms with Gasteiger partial charge in [0.1, 0.15) is 0 Å². The summed E-state index contributed by atoms with van der Waals surface area (Å²) in [5.41, 5.74) is 0. The molecule has 3 aliphatic rings. The van der Waals surface area contributed by atoms with Crippen LogP contribution in [0, 0.1) is 17.8 Å². The normalized spacial score (nSPS) is 49.6. The minimum Gasteiger partial charge on any atom is -0.396 e. The number of likely N-dealkylation sites (tertiary alicyclic amines) is 1. The van der Waals surface area contributed by atoms with E-state index < -0.39 is 0 Å². The maximum Gasteiger partial charge on any atom is 0.0465 e. The molecule has 3 unspecified atom stereocenters. The topological polar surface area (TPSA) is 35.5 Å². The van der Waals surface area contributed by atoms with Gasteiger partial charge in [0.05, 0.1) is 0 Å². The van der Waals surface area contributed by atoms with Crippen LogP contribution in [0.3, 0.4) is 0 Å². The molecule has 1 aliphatic carbocycles. The van der Waals surface area contributed by atoms with Crippen molar-refractivity contribution < 1.29 is 5.11 Å². The van der Waals surface area contributed by atoms with Crippen LogP contribution in [0.25, 0.3) is 0 Å². The average molecular weight is 182 g/mol. The fraction of sp³-hybridized carbons (Fsp3) is 1.00.